The van der Waals surface area contributed by atoms with E-state index in [2.05, 4.69) is 20.6 Å². The van der Waals surface area contributed by atoms with Crippen LogP contribution in [0.4, 0.5) is 23.2 Å². The average Bonchev–Trinajstić information content (AvgIpc) is 3.24. The van der Waals surface area contributed by atoms with Gasteiger partial charge in [0.1, 0.15) is 10.8 Å². The second-order valence-electron chi connectivity index (χ2n) is 6.36. The number of hydrogen-bond donors (Lipinski definition) is 4. The number of carbonyl (C=O) groups excluding carboxylic acids is 2. The molecule has 0 unspecified atom stereocenters. The minimum absolute atomic E-state index is 0.0713. The van der Waals surface area contributed by atoms with Gasteiger partial charge in [-0.25, -0.2) is 14.2 Å². The number of carboxylic acid groups (broad SMARTS) is 1. The molecule has 180 valence electrons. The van der Waals surface area contributed by atoms with Crippen molar-refractivity contribution in [3.63, 3.8) is 0 Å². The van der Waals surface area contributed by atoms with E-state index in [0.29, 0.717) is 27.6 Å². The first-order valence-corrected chi connectivity index (χ1v) is 10.1. The second kappa shape index (κ2) is 11.7. The van der Waals surface area contributed by atoms with E-state index in [4.69, 9.17) is 15.6 Å². The lowest BCUT2D eigenvalue weighted by molar-refractivity contribution is -0.192. The molecule has 0 saturated heterocycles. The molecule has 0 radical (unpaired) electrons. The molecular weight excluding hydrogens is 482 g/mol. The molecule has 2 heterocycles. The van der Waals surface area contributed by atoms with Crippen LogP contribution in [0.2, 0.25) is 0 Å². The lowest BCUT2D eigenvalue weighted by Gasteiger charge is -2.05. The number of alkyl halides is 3. The minimum atomic E-state index is -5.08. The van der Waals surface area contributed by atoms with Crippen LogP contribution >= 0.6 is 11.3 Å². The zero-order valence-corrected chi connectivity index (χ0v) is 17.9. The topological polar surface area (TPSA) is 147 Å². The van der Waals surface area contributed by atoms with Crippen LogP contribution in [0.25, 0.3) is 11.3 Å². The Kier molecular flexibility index (Phi) is 9.01. The summed E-state index contributed by atoms with van der Waals surface area (Å²) in [5.41, 5.74) is 7.57. The Balaban J connectivity index is 0.000000509. The summed E-state index contributed by atoms with van der Waals surface area (Å²) < 4.78 is 45.5. The number of thiazole rings is 1. The van der Waals surface area contributed by atoms with Crippen molar-refractivity contribution in [2.24, 2.45) is 0 Å². The molecule has 3 aromatic rings. The van der Waals surface area contributed by atoms with Crippen LogP contribution in [-0.2, 0) is 27.5 Å². The number of pyridine rings is 1. The fourth-order valence-electron chi connectivity index (χ4n) is 2.27. The number of aliphatic carboxylic acids is 1. The lowest BCUT2D eigenvalue weighted by atomic mass is 10.2. The third-order valence-corrected chi connectivity index (χ3v) is 4.67. The number of halogens is 4. The summed E-state index contributed by atoms with van der Waals surface area (Å²) in [5, 5.41) is 14.3. The van der Waals surface area contributed by atoms with Crippen LogP contribution < -0.4 is 16.4 Å². The first-order valence-electron chi connectivity index (χ1n) is 9.23. The number of carbonyl (C=O) groups is 3. The number of rotatable bonds is 5. The fourth-order valence-corrected chi connectivity index (χ4v) is 3.00. The second-order valence-corrected chi connectivity index (χ2v) is 7.30. The summed E-state index contributed by atoms with van der Waals surface area (Å²) in [6.45, 7) is 0.161. The minimum Gasteiger partial charge on any atom is -0.475 e. The molecule has 34 heavy (non-hydrogen) atoms. The Hall–Kier alpha value is -4.07. The number of carboxylic acids is 1. The van der Waals surface area contributed by atoms with E-state index in [0.717, 1.165) is 0 Å². The van der Waals surface area contributed by atoms with Crippen LogP contribution in [0, 0.1) is 5.82 Å². The summed E-state index contributed by atoms with van der Waals surface area (Å²) in [7, 11) is 0. The lowest BCUT2D eigenvalue weighted by Crippen LogP contribution is -2.39. The number of nitrogens with one attached hydrogen (secondary N) is 2. The van der Waals surface area contributed by atoms with Crippen molar-refractivity contribution in [1.29, 1.82) is 0 Å². The third-order valence-electron chi connectivity index (χ3n) is 3.82. The molecule has 0 bridgehead atoms. The van der Waals surface area contributed by atoms with Crippen molar-refractivity contribution in [3.05, 3.63) is 64.5 Å². The van der Waals surface area contributed by atoms with Gasteiger partial charge in [-0.15, -0.1) is 11.3 Å². The van der Waals surface area contributed by atoms with E-state index in [-0.39, 0.29) is 18.9 Å². The zero-order valence-electron chi connectivity index (χ0n) is 17.1. The maximum Gasteiger partial charge on any atom is 0.490 e. The maximum atomic E-state index is 13.8. The van der Waals surface area contributed by atoms with Gasteiger partial charge in [-0.2, -0.15) is 13.2 Å². The first kappa shape index (κ1) is 26.2. The maximum absolute atomic E-state index is 13.8. The van der Waals surface area contributed by atoms with Gasteiger partial charge in [0.2, 0.25) is 0 Å². The highest BCUT2D eigenvalue weighted by molar-refractivity contribution is 7.09. The first-order chi connectivity index (χ1) is 16.0. The highest BCUT2D eigenvalue weighted by atomic mass is 32.1. The molecule has 2 aromatic heterocycles. The smallest absolute Gasteiger partial charge is 0.475 e. The van der Waals surface area contributed by atoms with Crippen molar-refractivity contribution < 1.29 is 37.1 Å². The van der Waals surface area contributed by atoms with Crippen molar-refractivity contribution in [1.82, 2.24) is 20.6 Å². The van der Waals surface area contributed by atoms with Crippen molar-refractivity contribution in [2.75, 3.05) is 5.73 Å². The molecule has 1 aromatic carbocycles. The van der Waals surface area contributed by atoms with Crippen LogP contribution in [0.15, 0.2) is 48.0 Å². The molecule has 9 nitrogen and oxygen atoms in total. The zero-order chi connectivity index (χ0) is 25.3. The molecular formula is C20H17F4N5O4S. The van der Waals surface area contributed by atoms with Gasteiger partial charge in [0.15, 0.2) is 0 Å². The summed E-state index contributed by atoms with van der Waals surface area (Å²) in [5.74, 6) is -4.70. The van der Waals surface area contributed by atoms with E-state index in [1.54, 1.807) is 35.7 Å². The van der Waals surface area contributed by atoms with Crippen LogP contribution in [0.5, 0.6) is 0 Å². The number of hydrogen-bond acceptors (Lipinski definition) is 7. The molecule has 0 spiro atoms. The molecule has 5 N–H and O–H groups in total. The third kappa shape index (κ3) is 8.12. The molecule has 14 heteroatoms. The van der Waals surface area contributed by atoms with Crippen LogP contribution in [0.1, 0.15) is 10.7 Å². The summed E-state index contributed by atoms with van der Waals surface area (Å²) in [4.78, 5) is 40.9. The van der Waals surface area contributed by atoms with Gasteiger partial charge in [-0.3, -0.25) is 14.6 Å². The number of nitrogens with zero attached hydrogens (tertiary/aromatic N) is 2. The highest BCUT2D eigenvalue weighted by Crippen LogP contribution is 2.24. The van der Waals surface area contributed by atoms with Gasteiger partial charge < -0.3 is 21.5 Å². The SMILES string of the molecule is Nc1ccnc(CNC(=O)C(=O)NCc2nc(-c3ccccc3F)cs2)c1.O=C(O)C(F)(F)F. The molecule has 0 saturated carbocycles. The largest absolute Gasteiger partial charge is 0.490 e. The van der Waals surface area contributed by atoms with Gasteiger partial charge in [-0.05, 0) is 24.3 Å². The Morgan fingerprint density at radius 3 is 2.26 bits per heavy atom. The molecule has 2 amide bonds. The normalized spacial score (nSPS) is 10.6. The fraction of sp³-hybridized carbons (Fsp3) is 0.150. The Bertz CT molecular complexity index is 1170. The summed E-state index contributed by atoms with van der Waals surface area (Å²) in [6, 6.07) is 9.54. The Labute approximate surface area is 193 Å². The van der Waals surface area contributed by atoms with Crippen molar-refractivity contribution in [3.8, 4) is 11.3 Å². The van der Waals surface area contributed by atoms with Crippen molar-refractivity contribution in [2.45, 2.75) is 19.3 Å². The summed E-state index contributed by atoms with van der Waals surface area (Å²) in [6.07, 6.45) is -3.56. The van der Waals surface area contributed by atoms with Crippen LogP contribution in [0.3, 0.4) is 0 Å². The van der Waals surface area contributed by atoms with E-state index in [9.17, 15) is 27.2 Å². The van der Waals surface area contributed by atoms with Gasteiger partial charge in [-0.1, -0.05) is 12.1 Å². The monoisotopic (exact) mass is 499 g/mol. The number of anilines is 1. The molecule has 0 aliphatic carbocycles. The Morgan fingerprint density at radius 2 is 1.68 bits per heavy atom. The number of nitrogen functional groups attached to an aromatic ring is 1. The molecule has 0 aliphatic heterocycles. The summed E-state index contributed by atoms with van der Waals surface area (Å²) >= 11 is 1.27. The number of aromatic nitrogens is 2. The molecule has 0 fully saturated rings. The van der Waals surface area contributed by atoms with Gasteiger partial charge in [0.25, 0.3) is 0 Å². The predicted octanol–water partition coefficient (Wildman–Crippen LogP) is 2.49. The van der Waals surface area contributed by atoms with Gasteiger partial charge in [0.05, 0.1) is 24.5 Å². The van der Waals surface area contributed by atoms with E-state index >= 15 is 0 Å². The average molecular weight is 499 g/mol. The highest BCUT2D eigenvalue weighted by Gasteiger charge is 2.38. The molecule has 0 atom stereocenters. The van der Waals surface area contributed by atoms with E-state index < -0.39 is 24.0 Å². The number of benzene rings is 1. The standard InChI is InChI=1S/C18H16FN5O2S.C2HF3O2/c19-14-4-2-1-3-13(14)15-10-27-16(24-15)9-23-18(26)17(25)22-8-12-7-11(20)5-6-21-12;3-2(4,5)1(6)7/h1-7,10H,8-9H2,(H2,20,21)(H,22,25)(H,23,26);(H,6,7). The van der Waals surface area contributed by atoms with Crippen LogP contribution in [-0.4, -0.2) is 39.0 Å². The quantitative estimate of drug-likeness (QED) is 0.311. The molecule has 0 aliphatic rings. The molecule has 3 rings (SSSR count). The number of nitrogens with two attached hydrogens (primary N) is 1. The van der Waals surface area contributed by atoms with Gasteiger partial charge in [0, 0.05) is 22.8 Å². The van der Waals surface area contributed by atoms with E-state index in [1.165, 1.54) is 23.6 Å². The predicted molar refractivity (Wildman–Crippen MR) is 114 cm³/mol. The van der Waals surface area contributed by atoms with Gasteiger partial charge >= 0.3 is 24.0 Å². The van der Waals surface area contributed by atoms with E-state index in [1.807, 2.05) is 0 Å². The van der Waals surface area contributed by atoms with Crippen molar-refractivity contribution >= 4 is 34.8 Å². The number of amides is 2. The Morgan fingerprint density at radius 1 is 1.06 bits per heavy atom.